The third-order valence-corrected chi connectivity index (χ3v) is 6.42. The molecule has 2 aliphatic rings. The molecule has 1 saturated carbocycles. The van der Waals surface area contributed by atoms with Crippen molar-refractivity contribution in [3.8, 4) is 6.07 Å². The molecule has 2 atom stereocenters. The molecule has 156 valence electrons. The van der Waals surface area contributed by atoms with Crippen molar-refractivity contribution in [1.82, 2.24) is 9.88 Å². The van der Waals surface area contributed by atoms with Gasteiger partial charge in [-0.05, 0) is 63.0 Å². The van der Waals surface area contributed by atoms with E-state index in [-0.39, 0.29) is 24.5 Å². The summed E-state index contributed by atoms with van der Waals surface area (Å²) in [5.41, 5.74) is 1.66. The van der Waals surface area contributed by atoms with Crippen LogP contribution in [0.25, 0.3) is 0 Å². The molecule has 1 aromatic heterocycles. The molecule has 2 heterocycles. The molecule has 2 fully saturated rings. The molecule has 7 heteroatoms. The average molecular weight is 399 g/mol. The zero-order chi connectivity index (χ0) is 21.0. The van der Waals surface area contributed by atoms with Gasteiger partial charge < -0.3 is 14.6 Å². The van der Waals surface area contributed by atoms with E-state index in [1.54, 1.807) is 13.8 Å². The summed E-state index contributed by atoms with van der Waals surface area (Å²) in [7, 11) is 0. The summed E-state index contributed by atoms with van der Waals surface area (Å²) in [6.07, 6.45) is 7.31. The molecule has 7 nitrogen and oxygen atoms in total. The molecule has 0 spiro atoms. The summed E-state index contributed by atoms with van der Waals surface area (Å²) in [6.45, 7) is 4.00. The maximum atomic E-state index is 12.6. The molecule has 1 aliphatic heterocycles. The highest BCUT2D eigenvalue weighted by atomic mass is 16.5. The number of aryl methyl sites for hydroxylation is 1. The standard InChI is InChI=1S/C22H29N3O4/c1-14-17(15(2)24-22(28)18(14)12-23)9-10-21(27)29-13-20(26)25-11-5-7-16-6-3-4-8-19(16)25/h16,19H,3-11,13H2,1-2H3,(H,24,28)/t16-,19+/m1/s1. The topological polar surface area (TPSA) is 103 Å². The SMILES string of the molecule is Cc1[nH]c(=O)c(C#N)c(C)c1CCC(=O)OCC(=O)N1CCC[C@H]2CCCC[C@@H]21. The van der Waals surface area contributed by atoms with Crippen LogP contribution in [0, 0.1) is 31.1 Å². The zero-order valence-electron chi connectivity index (χ0n) is 17.3. The Balaban J connectivity index is 1.53. The number of nitrogens with one attached hydrogen (secondary N) is 1. The highest BCUT2D eigenvalue weighted by Crippen LogP contribution is 2.35. The van der Waals surface area contributed by atoms with Gasteiger partial charge in [0, 0.05) is 24.7 Å². The van der Waals surface area contributed by atoms with Crippen molar-refractivity contribution in [2.24, 2.45) is 5.92 Å². The Kier molecular flexibility index (Phi) is 6.73. The van der Waals surface area contributed by atoms with Crippen molar-refractivity contribution in [1.29, 1.82) is 5.26 Å². The first-order valence-electron chi connectivity index (χ1n) is 10.5. The van der Waals surface area contributed by atoms with Crippen LogP contribution in [0.1, 0.15) is 67.3 Å². The van der Waals surface area contributed by atoms with Crippen LogP contribution in [0.3, 0.4) is 0 Å². The van der Waals surface area contributed by atoms with Crippen LogP contribution < -0.4 is 5.56 Å². The van der Waals surface area contributed by atoms with Crippen LogP contribution in [0.5, 0.6) is 0 Å². The lowest BCUT2D eigenvalue weighted by molar-refractivity contribution is -0.154. The van der Waals surface area contributed by atoms with E-state index in [1.165, 1.54) is 19.3 Å². The van der Waals surface area contributed by atoms with Crippen molar-refractivity contribution in [3.63, 3.8) is 0 Å². The number of nitrogens with zero attached hydrogens (tertiary/aromatic N) is 2. The van der Waals surface area contributed by atoms with E-state index < -0.39 is 11.5 Å². The first-order valence-corrected chi connectivity index (χ1v) is 10.5. The van der Waals surface area contributed by atoms with E-state index in [0.717, 1.165) is 31.4 Å². The molecule has 0 aromatic carbocycles. The second kappa shape index (κ2) is 9.25. The number of esters is 1. The van der Waals surface area contributed by atoms with Gasteiger partial charge in [-0.25, -0.2) is 0 Å². The van der Waals surface area contributed by atoms with E-state index in [9.17, 15) is 14.4 Å². The number of piperidine rings is 1. The van der Waals surface area contributed by atoms with E-state index in [2.05, 4.69) is 4.98 Å². The van der Waals surface area contributed by atoms with Crippen LogP contribution in [-0.4, -0.2) is 41.0 Å². The Labute approximate surface area is 171 Å². The molecule has 1 aromatic rings. The van der Waals surface area contributed by atoms with Crippen molar-refractivity contribution < 1.29 is 14.3 Å². The molecular weight excluding hydrogens is 370 g/mol. The zero-order valence-corrected chi connectivity index (χ0v) is 17.3. The number of aromatic nitrogens is 1. The molecule has 1 saturated heterocycles. The van der Waals surface area contributed by atoms with Gasteiger partial charge in [0.1, 0.15) is 11.6 Å². The minimum atomic E-state index is -0.445. The van der Waals surface area contributed by atoms with Crippen LogP contribution in [0.2, 0.25) is 0 Å². The molecule has 1 amide bonds. The van der Waals surface area contributed by atoms with Gasteiger partial charge in [-0.3, -0.25) is 14.4 Å². The second-order valence-electron chi connectivity index (χ2n) is 8.17. The van der Waals surface area contributed by atoms with Crippen LogP contribution >= 0.6 is 0 Å². The fourth-order valence-electron chi connectivity index (χ4n) is 4.88. The number of ether oxygens (including phenoxy) is 1. The van der Waals surface area contributed by atoms with E-state index in [1.807, 2.05) is 11.0 Å². The van der Waals surface area contributed by atoms with Gasteiger partial charge >= 0.3 is 5.97 Å². The predicted molar refractivity (Wildman–Crippen MR) is 107 cm³/mol. The highest BCUT2D eigenvalue weighted by molar-refractivity contribution is 5.81. The minimum Gasteiger partial charge on any atom is -0.456 e. The third-order valence-electron chi connectivity index (χ3n) is 6.42. The smallest absolute Gasteiger partial charge is 0.306 e. The molecule has 3 rings (SSSR count). The third kappa shape index (κ3) is 4.69. The lowest BCUT2D eigenvalue weighted by Crippen LogP contribution is -2.50. The second-order valence-corrected chi connectivity index (χ2v) is 8.17. The van der Waals surface area contributed by atoms with Crippen molar-refractivity contribution >= 4 is 11.9 Å². The van der Waals surface area contributed by atoms with Crippen LogP contribution in [-0.2, 0) is 20.7 Å². The van der Waals surface area contributed by atoms with Gasteiger partial charge in [-0.2, -0.15) is 5.26 Å². The van der Waals surface area contributed by atoms with Crippen molar-refractivity contribution in [2.45, 2.75) is 71.3 Å². The fraction of sp³-hybridized carbons (Fsp3) is 0.636. The van der Waals surface area contributed by atoms with Gasteiger partial charge in [0.25, 0.3) is 11.5 Å². The number of likely N-dealkylation sites (tertiary alicyclic amines) is 1. The fourth-order valence-corrected chi connectivity index (χ4v) is 4.88. The highest BCUT2D eigenvalue weighted by Gasteiger charge is 2.35. The Morgan fingerprint density at radius 1 is 1.21 bits per heavy atom. The number of fused-ring (bicyclic) bond motifs is 1. The number of carbonyl (C=O) groups is 2. The summed E-state index contributed by atoms with van der Waals surface area (Å²) in [4.78, 5) is 41.2. The molecule has 1 N–H and O–H groups in total. The molecule has 1 aliphatic carbocycles. The van der Waals surface area contributed by atoms with Crippen molar-refractivity contribution in [2.75, 3.05) is 13.2 Å². The Hall–Kier alpha value is -2.62. The molecule has 0 radical (unpaired) electrons. The Bertz CT molecular complexity index is 881. The predicted octanol–water partition coefficient (Wildman–Crippen LogP) is 2.52. The molecule has 0 unspecified atom stereocenters. The van der Waals surface area contributed by atoms with E-state index in [0.29, 0.717) is 29.6 Å². The van der Waals surface area contributed by atoms with E-state index >= 15 is 0 Å². The van der Waals surface area contributed by atoms with Gasteiger partial charge in [-0.1, -0.05) is 12.8 Å². The largest absolute Gasteiger partial charge is 0.456 e. The number of amides is 1. The maximum absolute atomic E-state index is 12.6. The summed E-state index contributed by atoms with van der Waals surface area (Å²) in [6, 6.07) is 2.21. The number of pyridine rings is 1. The summed E-state index contributed by atoms with van der Waals surface area (Å²) < 4.78 is 5.25. The number of hydrogen-bond donors (Lipinski definition) is 1. The number of nitriles is 1. The van der Waals surface area contributed by atoms with Crippen LogP contribution in [0.4, 0.5) is 0 Å². The lowest BCUT2D eigenvalue weighted by atomic mass is 9.78. The number of carbonyl (C=O) groups excluding carboxylic acids is 2. The van der Waals surface area contributed by atoms with Gasteiger partial charge in [0.15, 0.2) is 6.61 Å². The molecular formula is C22H29N3O4. The first kappa shape index (κ1) is 21.1. The Morgan fingerprint density at radius 2 is 1.93 bits per heavy atom. The number of rotatable bonds is 5. The summed E-state index contributed by atoms with van der Waals surface area (Å²) >= 11 is 0. The first-order chi connectivity index (χ1) is 13.9. The number of aromatic amines is 1. The minimum absolute atomic E-state index is 0.0706. The molecule has 29 heavy (non-hydrogen) atoms. The van der Waals surface area contributed by atoms with Gasteiger partial charge in [0.2, 0.25) is 0 Å². The van der Waals surface area contributed by atoms with Gasteiger partial charge in [-0.15, -0.1) is 0 Å². The maximum Gasteiger partial charge on any atom is 0.306 e. The number of H-pyrrole nitrogens is 1. The normalized spacial score (nSPS) is 21.2. The number of hydrogen-bond acceptors (Lipinski definition) is 5. The summed E-state index contributed by atoms with van der Waals surface area (Å²) in [5.74, 6) is 0.0508. The van der Waals surface area contributed by atoms with Crippen molar-refractivity contribution in [3.05, 3.63) is 32.7 Å². The Morgan fingerprint density at radius 3 is 2.69 bits per heavy atom. The van der Waals surface area contributed by atoms with Crippen LogP contribution in [0.15, 0.2) is 4.79 Å². The average Bonchev–Trinajstić information content (AvgIpc) is 2.71. The van der Waals surface area contributed by atoms with Gasteiger partial charge in [0.05, 0.1) is 0 Å². The lowest BCUT2D eigenvalue weighted by Gasteiger charge is -2.44. The molecule has 0 bridgehead atoms. The van der Waals surface area contributed by atoms with E-state index in [4.69, 9.17) is 10.00 Å². The summed E-state index contributed by atoms with van der Waals surface area (Å²) in [5, 5.41) is 9.14. The monoisotopic (exact) mass is 399 g/mol. The quantitative estimate of drug-likeness (QED) is 0.766.